The van der Waals surface area contributed by atoms with Crippen molar-refractivity contribution in [2.45, 2.75) is 19.4 Å². The second-order valence-electron chi connectivity index (χ2n) is 6.76. The van der Waals surface area contributed by atoms with Crippen molar-refractivity contribution in [2.75, 3.05) is 6.54 Å². The molecule has 2 amide bonds. The van der Waals surface area contributed by atoms with Crippen LogP contribution in [-0.4, -0.2) is 18.4 Å². The highest BCUT2D eigenvalue weighted by atomic mass is 35.5. The molecule has 0 fully saturated rings. The van der Waals surface area contributed by atoms with Gasteiger partial charge in [-0.3, -0.25) is 9.59 Å². The Morgan fingerprint density at radius 1 is 0.862 bits per heavy atom. The highest BCUT2D eigenvalue weighted by Crippen LogP contribution is 2.21. The first-order valence-corrected chi connectivity index (χ1v) is 9.90. The van der Waals surface area contributed by atoms with Gasteiger partial charge in [-0.05, 0) is 35.7 Å². The predicted octanol–water partition coefficient (Wildman–Crippen LogP) is 5.00. The summed E-state index contributed by atoms with van der Waals surface area (Å²) >= 11 is 6.01. The minimum atomic E-state index is -0.284. The summed E-state index contributed by atoms with van der Waals surface area (Å²) < 4.78 is 0. The molecule has 0 aromatic heterocycles. The number of carbonyl (C=O) groups excluding carboxylic acids is 2. The van der Waals surface area contributed by atoms with Gasteiger partial charge >= 0.3 is 0 Å². The van der Waals surface area contributed by atoms with Crippen LogP contribution in [0.4, 0.5) is 0 Å². The van der Waals surface area contributed by atoms with Gasteiger partial charge in [-0.15, -0.1) is 0 Å². The third kappa shape index (κ3) is 5.69. The first-order valence-electron chi connectivity index (χ1n) is 9.52. The van der Waals surface area contributed by atoms with E-state index in [0.29, 0.717) is 10.6 Å². The van der Waals surface area contributed by atoms with Gasteiger partial charge in [0.05, 0.1) is 16.6 Å². The van der Waals surface area contributed by atoms with E-state index in [-0.39, 0.29) is 30.8 Å². The van der Waals surface area contributed by atoms with Crippen LogP contribution in [0.2, 0.25) is 5.02 Å². The second kappa shape index (κ2) is 9.89. The lowest BCUT2D eigenvalue weighted by Crippen LogP contribution is -2.32. The molecule has 148 valence electrons. The maximum atomic E-state index is 12.2. The van der Waals surface area contributed by atoms with Crippen molar-refractivity contribution >= 4 is 23.4 Å². The zero-order valence-corrected chi connectivity index (χ0v) is 16.9. The van der Waals surface area contributed by atoms with E-state index in [1.165, 1.54) is 0 Å². The molecule has 0 unspecified atom stereocenters. The highest BCUT2D eigenvalue weighted by molar-refractivity contribution is 6.33. The van der Waals surface area contributed by atoms with Crippen molar-refractivity contribution in [3.63, 3.8) is 0 Å². The molecule has 0 spiro atoms. The van der Waals surface area contributed by atoms with Crippen LogP contribution in [0.25, 0.3) is 11.1 Å². The monoisotopic (exact) mass is 406 g/mol. The smallest absolute Gasteiger partial charge is 0.252 e. The number of benzene rings is 3. The summed E-state index contributed by atoms with van der Waals surface area (Å²) in [7, 11) is 0. The Balaban J connectivity index is 1.48. The Kier molecular flexibility index (Phi) is 7.04. The van der Waals surface area contributed by atoms with Crippen molar-refractivity contribution in [3.8, 4) is 11.1 Å². The van der Waals surface area contributed by atoms with Crippen LogP contribution in [0.3, 0.4) is 0 Å². The molecular weight excluding hydrogens is 384 g/mol. The molecule has 4 nitrogen and oxygen atoms in total. The summed E-state index contributed by atoms with van der Waals surface area (Å²) in [5, 5.41) is 6.08. The van der Waals surface area contributed by atoms with E-state index >= 15 is 0 Å². The zero-order valence-electron chi connectivity index (χ0n) is 16.2. The third-order valence-corrected chi connectivity index (χ3v) is 4.98. The maximum absolute atomic E-state index is 12.2. The van der Waals surface area contributed by atoms with Crippen molar-refractivity contribution in [1.29, 1.82) is 0 Å². The van der Waals surface area contributed by atoms with Gasteiger partial charge in [-0.2, -0.15) is 0 Å². The molecule has 0 saturated carbocycles. The molecule has 0 heterocycles. The standard InChI is InChI=1S/C24H23ClN2O2/c1-17(18-11-13-20(14-12-18)19-7-3-2-4-8-19)27-23(28)15-16-26-24(29)21-9-5-6-10-22(21)25/h2-14,17H,15-16H2,1H3,(H,26,29)(H,27,28)/t17-/m0/s1. The molecule has 3 aromatic rings. The van der Waals surface area contributed by atoms with Crippen LogP contribution >= 0.6 is 11.6 Å². The van der Waals surface area contributed by atoms with Crippen LogP contribution in [0.1, 0.15) is 35.3 Å². The van der Waals surface area contributed by atoms with Crippen molar-refractivity contribution in [3.05, 3.63) is 95.0 Å². The van der Waals surface area contributed by atoms with Gasteiger partial charge in [-0.25, -0.2) is 0 Å². The van der Waals surface area contributed by atoms with Gasteiger partial charge in [0.1, 0.15) is 0 Å². The Morgan fingerprint density at radius 2 is 1.48 bits per heavy atom. The molecule has 29 heavy (non-hydrogen) atoms. The lowest BCUT2D eigenvalue weighted by molar-refractivity contribution is -0.121. The van der Waals surface area contributed by atoms with E-state index < -0.39 is 0 Å². The fourth-order valence-electron chi connectivity index (χ4n) is 3.02. The largest absolute Gasteiger partial charge is 0.351 e. The van der Waals surface area contributed by atoms with Gasteiger partial charge < -0.3 is 10.6 Å². The van der Waals surface area contributed by atoms with E-state index in [1.807, 2.05) is 37.3 Å². The van der Waals surface area contributed by atoms with Gasteiger partial charge in [-0.1, -0.05) is 78.3 Å². The molecule has 0 aliphatic heterocycles. The number of carbonyl (C=O) groups is 2. The summed E-state index contributed by atoms with van der Waals surface area (Å²) in [6, 6.07) is 25.0. The molecule has 3 aromatic carbocycles. The Hall–Kier alpha value is -3.11. The lowest BCUT2D eigenvalue weighted by atomic mass is 10.0. The van der Waals surface area contributed by atoms with E-state index in [4.69, 9.17) is 11.6 Å². The molecule has 0 aliphatic carbocycles. The number of nitrogens with one attached hydrogen (secondary N) is 2. The van der Waals surface area contributed by atoms with E-state index in [0.717, 1.165) is 16.7 Å². The first-order chi connectivity index (χ1) is 14.0. The second-order valence-corrected chi connectivity index (χ2v) is 7.17. The van der Waals surface area contributed by atoms with Gasteiger partial charge in [0.25, 0.3) is 5.91 Å². The fraction of sp³-hybridized carbons (Fsp3) is 0.167. The molecule has 3 rings (SSSR count). The van der Waals surface area contributed by atoms with Crippen molar-refractivity contribution < 1.29 is 9.59 Å². The van der Waals surface area contributed by atoms with Crippen molar-refractivity contribution in [1.82, 2.24) is 10.6 Å². The summed E-state index contributed by atoms with van der Waals surface area (Å²) in [5.74, 6) is -0.406. The number of hydrogen-bond donors (Lipinski definition) is 2. The SMILES string of the molecule is C[C@H](NC(=O)CCNC(=O)c1ccccc1Cl)c1ccc(-c2ccccc2)cc1. The first kappa shape index (κ1) is 20.6. The topological polar surface area (TPSA) is 58.2 Å². The summed E-state index contributed by atoms with van der Waals surface area (Å²) in [6.45, 7) is 2.19. The molecule has 2 N–H and O–H groups in total. The molecule has 0 bridgehead atoms. The van der Waals surface area contributed by atoms with Crippen LogP contribution in [-0.2, 0) is 4.79 Å². The van der Waals surface area contributed by atoms with Crippen LogP contribution < -0.4 is 10.6 Å². The Bertz CT molecular complexity index is 972. The molecule has 0 saturated heterocycles. The average Bonchev–Trinajstić information content (AvgIpc) is 2.74. The number of amides is 2. The molecular formula is C24H23ClN2O2. The van der Waals surface area contributed by atoms with E-state index in [9.17, 15) is 9.59 Å². The highest BCUT2D eigenvalue weighted by Gasteiger charge is 2.12. The van der Waals surface area contributed by atoms with E-state index in [1.54, 1.807) is 24.3 Å². The molecule has 5 heteroatoms. The summed E-state index contributed by atoms with van der Waals surface area (Å²) in [4.78, 5) is 24.3. The number of rotatable bonds is 7. The molecule has 0 radical (unpaired) electrons. The summed E-state index contributed by atoms with van der Waals surface area (Å²) in [5.41, 5.74) is 3.72. The number of hydrogen-bond acceptors (Lipinski definition) is 2. The normalized spacial score (nSPS) is 11.5. The Labute approximate surface area is 175 Å². The maximum Gasteiger partial charge on any atom is 0.252 e. The van der Waals surface area contributed by atoms with Crippen LogP contribution in [0.5, 0.6) is 0 Å². The minimum Gasteiger partial charge on any atom is -0.351 e. The van der Waals surface area contributed by atoms with Crippen molar-refractivity contribution in [2.24, 2.45) is 0 Å². The van der Waals surface area contributed by atoms with Gasteiger partial charge in [0, 0.05) is 13.0 Å². The van der Waals surface area contributed by atoms with Crippen LogP contribution in [0, 0.1) is 0 Å². The molecule has 0 aliphatic rings. The number of halogens is 1. The third-order valence-electron chi connectivity index (χ3n) is 4.65. The fourth-order valence-corrected chi connectivity index (χ4v) is 3.24. The van der Waals surface area contributed by atoms with Gasteiger partial charge in [0.2, 0.25) is 5.91 Å². The quantitative estimate of drug-likeness (QED) is 0.579. The van der Waals surface area contributed by atoms with Gasteiger partial charge in [0.15, 0.2) is 0 Å². The predicted molar refractivity (Wildman–Crippen MR) is 117 cm³/mol. The lowest BCUT2D eigenvalue weighted by Gasteiger charge is -2.15. The summed E-state index contributed by atoms with van der Waals surface area (Å²) in [6.07, 6.45) is 0.197. The van der Waals surface area contributed by atoms with E-state index in [2.05, 4.69) is 34.9 Å². The minimum absolute atomic E-state index is 0.119. The Morgan fingerprint density at radius 3 is 2.17 bits per heavy atom. The zero-order chi connectivity index (χ0) is 20.6. The average molecular weight is 407 g/mol. The van der Waals surface area contributed by atoms with Crippen LogP contribution in [0.15, 0.2) is 78.9 Å². The molecule has 1 atom stereocenters.